The maximum Gasteiger partial charge on any atom is 0.251 e. The van der Waals surface area contributed by atoms with Gasteiger partial charge in [0.2, 0.25) is 11.8 Å². The van der Waals surface area contributed by atoms with Crippen molar-refractivity contribution in [3.63, 3.8) is 0 Å². The molecule has 8 heteroatoms. The first-order valence-electron chi connectivity index (χ1n) is 8.22. The summed E-state index contributed by atoms with van der Waals surface area (Å²) in [4.78, 5) is 35.8. The molecule has 2 rings (SSSR count). The molecule has 0 fully saturated rings. The molecule has 0 aliphatic rings. The number of nitrogens with two attached hydrogens (primary N) is 1. The van der Waals surface area contributed by atoms with Crippen LogP contribution in [0.4, 0.5) is 4.39 Å². The predicted octanol–water partition coefficient (Wildman–Crippen LogP) is 2.16. The standard InChI is InChI=1S/C19H19ClFN3O3/c20-14-7-5-12(6-8-14)18(26)24-16(9-10-17(22)25)19(27)23-11-13-3-1-2-4-15(13)21/h1-8,16H,9-11H2,(H2,22,25)(H,23,27)(H,24,26). The van der Waals surface area contributed by atoms with Gasteiger partial charge in [-0.2, -0.15) is 0 Å². The van der Waals surface area contributed by atoms with Crippen molar-refractivity contribution >= 4 is 29.3 Å². The molecule has 27 heavy (non-hydrogen) atoms. The maximum absolute atomic E-state index is 13.7. The van der Waals surface area contributed by atoms with Crippen LogP contribution in [0.25, 0.3) is 0 Å². The highest BCUT2D eigenvalue weighted by molar-refractivity contribution is 6.30. The van der Waals surface area contributed by atoms with Crippen LogP contribution in [-0.4, -0.2) is 23.8 Å². The Labute approximate surface area is 160 Å². The molecule has 0 aliphatic heterocycles. The second-order valence-electron chi connectivity index (χ2n) is 5.85. The maximum atomic E-state index is 13.7. The van der Waals surface area contributed by atoms with E-state index < -0.39 is 29.6 Å². The third-order valence-corrected chi connectivity index (χ3v) is 4.07. The molecule has 1 atom stereocenters. The Morgan fingerprint density at radius 3 is 2.37 bits per heavy atom. The second kappa shape index (κ2) is 9.68. The fourth-order valence-electron chi connectivity index (χ4n) is 2.35. The Hall–Kier alpha value is -2.93. The Morgan fingerprint density at radius 1 is 1.07 bits per heavy atom. The van der Waals surface area contributed by atoms with Crippen molar-refractivity contribution in [2.45, 2.75) is 25.4 Å². The average Bonchev–Trinajstić information content (AvgIpc) is 2.64. The summed E-state index contributed by atoms with van der Waals surface area (Å²) < 4.78 is 13.7. The minimum Gasteiger partial charge on any atom is -0.370 e. The summed E-state index contributed by atoms with van der Waals surface area (Å²) in [5, 5.41) is 5.60. The van der Waals surface area contributed by atoms with E-state index in [0.717, 1.165) is 0 Å². The number of hydrogen-bond donors (Lipinski definition) is 3. The minimum absolute atomic E-state index is 0.0256. The van der Waals surface area contributed by atoms with Crippen molar-refractivity contribution in [2.24, 2.45) is 5.73 Å². The van der Waals surface area contributed by atoms with Crippen molar-refractivity contribution in [2.75, 3.05) is 0 Å². The first-order valence-corrected chi connectivity index (χ1v) is 8.60. The summed E-state index contributed by atoms with van der Waals surface area (Å²) in [5.74, 6) is -2.08. The largest absolute Gasteiger partial charge is 0.370 e. The SMILES string of the molecule is NC(=O)CCC(NC(=O)c1ccc(Cl)cc1)C(=O)NCc1ccccc1F. The molecule has 0 heterocycles. The summed E-state index contributed by atoms with van der Waals surface area (Å²) in [7, 11) is 0. The van der Waals surface area contributed by atoms with Crippen molar-refractivity contribution in [1.82, 2.24) is 10.6 Å². The molecule has 0 spiro atoms. The van der Waals surface area contributed by atoms with E-state index in [1.54, 1.807) is 30.3 Å². The van der Waals surface area contributed by atoms with E-state index >= 15 is 0 Å². The van der Waals surface area contributed by atoms with E-state index in [0.29, 0.717) is 16.1 Å². The lowest BCUT2D eigenvalue weighted by Gasteiger charge is -2.18. The van der Waals surface area contributed by atoms with E-state index in [-0.39, 0.29) is 19.4 Å². The first kappa shape index (κ1) is 20.4. The number of primary amides is 1. The summed E-state index contributed by atoms with van der Waals surface area (Å²) in [6.07, 6.45) is -0.0591. The van der Waals surface area contributed by atoms with E-state index in [4.69, 9.17) is 17.3 Å². The Balaban J connectivity index is 2.04. The zero-order chi connectivity index (χ0) is 19.8. The smallest absolute Gasteiger partial charge is 0.251 e. The lowest BCUT2D eigenvalue weighted by Crippen LogP contribution is -2.47. The Kier molecular flexibility index (Phi) is 7.31. The van der Waals surface area contributed by atoms with Crippen molar-refractivity contribution in [1.29, 1.82) is 0 Å². The van der Waals surface area contributed by atoms with Gasteiger partial charge in [-0.3, -0.25) is 14.4 Å². The number of carbonyl (C=O) groups excluding carboxylic acids is 3. The van der Waals surface area contributed by atoms with E-state index in [9.17, 15) is 18.8 Å². The molecule has 0 bridgehead atoms. The number of rotatable bonds is 8. The van der Waals surface area contributed by atoms with Crippen LogP contribution in [-0.2, 0) is 16.1 Å². The van der Waals surface area contributed by atoms with E-state index in [2.05, 4.69) is 10.6 Å². The molecule has 6 nitrogen and oxygen atoms in total. The molecule has 0 aliphatic carbocycles. The summed E-state index contributed by atoms with van der Waals surface area (Å²) in [6, 6.07) is 11.2. The number of halogens is 2. The van der Waals surface area contributed by atoms with Crippen LogP contribution in [0, 0.1) is 5.82 Å². The quantitative estimate of drug-likeness (QED) is 0.642. The van der Waals surface area contributed by atoms with Gasteiger partial charge < -0.3 is 16.4 Å². The number of benzene rings is 2. The molecule has 0 aromatic heterocycles. The molecule has 1 unspecified atom stereocenters. The summed E-state index contributed by atoms with van der Waals surface area (Å²) in [5.41, 5.74) is 5.76. The minimum atomic E-state index is -0.993. The van der Waals surface area contributed by atoms with Gasteiger partial charge in [0.25, 0.3) is 5.91 Å². The average molecular weight is 392 g/mol. The monoisotopic (exact) mass is 391 g/mol. The van der Waals surface area contributed by atoms with Crippen LogP contribution >= 0.6 is 11.6 Å². The highest BCUT2D eigenvalue weighted by atomic mass is 35.5. The molecule has 4 N–H and O–H groups in total. The number of carbonyl (C=O) groups is 3. The van der Waals surface area contributed by atoms with Gasteiger partial charge in [-0.05, 0) is 36.8 Å². The van der Waals surface area contributed by atoms with Gasteiger partial charge in [-0.15, -0.1) is 0 Å². The topological polar surface area (TPSA) is 101 Å². The van der Waals surface area contributed by atoms with Crippen molar-refractivity contribution in [3.8, 4) is 0 Å². The third kappa shape index (κ3) is 6.38. The highest BCUT2D eigenvalue weighted by Gasteiger charge is 2.22. The predicted molar refractivity (Wildman–Crippen MR) is 99.4 cm³/mol. The van der Waals surface area contributed by atoms with Gasteiger partial charge in [-0.1, -0.05) is 29.8 Å². The number of amides is 3. The van der Waals surface area contributed by atoms with Crippen LogP contribution in [0.2, 0.25) is 5.02 Å². The summed E-state index contributed by atoms with van der Waals surface area (Å²) >= 11 is 5.79. The molecular formula is C19H19ClFN3O3. The Morgan fingerprint density at radius 2 is 1.74 bits per heavy atom. The Bertz CT molecular complexity index is 827. The molecular weight excluding hydrogens is 373 g/mol. The van der Waals surface area contributed by atoms with Gasteiger partial charge in [0.15, 0.2) is 0 Å². The fourth-order valence-corrected chi connectivity index (χ4v) is 2.47. The molecule has 142 valence electrons. The van der Waals surface area contributed by atoms with Crippen LogP contribution in [0.1, 0.15) is 28.8 Å². The zero-order valence-electron chi connectivity index (χ0n) is 14.4. The second-order valence-corrected chi connectivity index (χ2v) is 6.28. The normalized spacial score (nSPS) is 11.5. The van der Waals surface area contributed by atoms with Crippen molar-refractivity contribution in [3.05, 3.63) is 70.5 Å². The van der Waals surface area contributed by atoms with Gasteiger partial charge in [0, 0.05) is 29.1 Å². The molecule has 0 saturated heterocycles. The lowest BCUT2D eigenvalue weighted by atomic mass is 10.1. The van der Waals surface area contributed by atoms with E-state index in [1.807, 2.05) is 0 Å². The first-order chi connectivity index (χ1) is 12.9. The van der Waals surface area contributed by atoms with E-state index in [1.165, 1.54) is 18.2 Å². The van der Waals surface area contributed by atoms with Gasteiger partial charge >= 0.3 is 0 Å². The fraction of sp³-hybridized carbons (Fsp3) is 0.211. The molecule has 0 radical (unpaired) electrons. The zero-order valence-corrected chi connectivity index (χ0v) is 15.1. The van der Waals surface area contributed by atoms with Crippen molar-refractivity contribution < 1.29 is 18.8 Å². The van der Waals surface area contributed by atoms with Gasteiger partial charge in [-0.25, -0.2) is 4.39 Å². The van der Waals surface area contributed by atoms with Crippen LogP contribution in [0.5, 0.6) is 0 Å². The van der Waals surface area contributed by atoms with Crippen LogP contribution in [0.15, 0.2) is 48.5 Å². The van der Waals surface area contributed by atoms with Crippen LogP contribution < -0.4 is 16.4 Å². The lowest BCUT2D eigenvalue weighted by molar-refractivity contribution is -0.123. The van der Waals surface area contributed by atoms with Gasteiger partial charge in [0.1, 0.15) is 11.9 Å². The molecule has 2 aromatic carbocycles. The highest BCUT2D eigenvalue weighted by Crippen LogP contribution is 2.10. The van der Waals surface area contributed by atoms with Crippen LogP contribution in [0.3, 0.4) is 0 Å². The van der Waals surface area contributed by atoms with Gasteiger partial charge in [0.05, 0.1) is 0 Å². The molecule has 0 saturated carbocycles. The third-order valence-electron chi connectivity index (χ3n) is 3.82. The summed E-state index contributed by atoms with van der Waals surface area (Å²) in [6.45, 7) is -0.0462. The molecule has 3 amide bonds. The number of hydrogen-bond acceptors (Lipinski definition) is 3. The molecule has 2 aromatic rings. The number of nitrogens with one attached hydrogen (secondary N) is 2.